The van der Waals surface area contributed by atoms with Crippen LogP contribution in [-0.4, -0.2) is 25.4 Å². The van der Waals surface area contributed by atoms with Crippen LogP contribution in [0.4, 0.5) is 5.69 Å². The predicted octanol–water partition coefficient (Wildman–Crippen LogP) is 4.01. The SMILES string of the molecule is Cc1ccc(S(=O)(=O)Oc2ccc(/C=C(\C#N)C(=O)Nc3ccc(C(=O)O)cc3)cc2)cc1. The van der Waals surface area contributed by atoms with Gasteiger partial charge in [0.05, 0.1) is 5.56 Å². The molecule has 0 saturated carbocycles. The number of carbonyl (C=O) groups excluding carboxylic acids is 1. The molecule has 0 aromatic heterocycles. The Morgan fingerprint density at radius 3 is 2.12 bits per heavy atom. The summed E-state index contributed by atoms with van der Waals surface area (Å²) in [6.45, 7) is 1.84. The molecule has 0 spiro atoms. The number of aromatic carboxylic acids is 1. The van der Waals surface area contributed by atoms with E-state index in [0.29, 0.717) is 11.3 Å². The zero-order chi connectivity index (χ0) is 24.0. The van der Waals surface area contributed by atoms with E-state index in [0.717, 1.165) is 5.56 Å². The Kier molecular flexibility index (Phi) is 6.91. The van der Waals surface area contributed by atoms with Crippen molar-refractivity contribution in [1.29, 1.82) is 5.26 Å². The number of carboxylic acids is 1. The van der Waals surface area contributed by atoms with Crippen molar-refractivity contribution in [2.75, 3.05) is 5.32 Å². The minimum absolute atomic E-state index is 0.0249. The highest BCUT2D eigenvalue weighted by Gasteiger charge is 2.16. The Hall–Kier alpha value is -4.42. The van der Waals surface area contributed by atoms with E-state index in [1.807, 2.05) is 6.92 Å². The van der Waals surface area contributed by atoms with Gasteiger partial charge in [0.2, 0.25) is 0 Å². The largest absolute Gasteiger partial charge is 0.478 e. The molecule has 3 rings (SSSR count). The Labute approximate surface area is 190 Å². The molecule has 1 amide bonds. The number of benzene rings is 3. The second kappa shape index (κ2) is 9.80. The molecule has 0 bridgehead atoms. The molecule has 0 atom stereocenters. The number of aryl methyl sites for hydroxylation is 1. The fourth-order valence-corrected chi connectivity index (χ4v) is 3.64. The highest BCUT2D eigenvalue weighted by molar-refractivity contribution is 7.87. The maximum absolute atomic E-state index is 12.4. The smallest absolute Gasteiger partial charge is 0.339 e. The molecule has 0 aliphatic carbocycles. The lowest BCUT2D eigenvalue weighted by atomic mass is 10.1. The molecule has 3 aromatic carbocycles. The van der Waals surface area contributed by atoms with E-state index < -0.39 is 22.0 Å². The summed E-state index contributed by atoms with van der Waals surface area (Å²) in [4.78, 5) is 23.3. The molecule has 166 valence electrons. The van der Waals surface area contributed by atoms with Crippen LogP contribution in [-0.2, 0) is 14.9 Å². The van der Waals surface area contributed by atoms with Crippen molar-refractivity contribution in [2.45, 2.75) is 11.8 Å². The summed E-state index contributed by atoms with van der Waals surface area (Å²) in [5, 5.41) is 20.8. The first-order chi connectivity index (χ1) is 15.7. The van der Waals surface area contributed by atoms with Crippen LogP contribution in [0.1, 0.15) is 21.5 Å². The lowest BCUT2D eigenvalue weighted by molar-refractivity contribution is -0.112. The van der Waals surface area contributed by atoms with Crippen molar-refractivity contribution in [2.24, 2.45) is 0 Å². The maximum atomic E-state index is 12.4. The fraction of sp³-hybridized carbons (Fsp3) is 0.0417. The summed E-state index contributed by atoms with van der Waals surface area (Å²) in [5.74, 6) is -1.69. The van der Waals surface area contributed by atoms with Gasteiger partial charge in [0.1, 0.15) is 22.3 Å². The molecule has 0 radical (unpaired) electrons. The van der Waals surface area contributed by atoms with E-state index in [4.69, 9.17) is 9.29 Å². The summed E-state index contributed by atoms with van der Waals surface area (Å²) < 4.78 is 29.9. The second-order valence-corrected chi connectivity index (χ2v) is 8.47. The Balaban J connectivity index is 1.71. The summed E-state index contributed by atoms with van der Waals surface area (Å²) in [5.41, 5.74) is 1.59. The average molecular weight is 462 g/mol. The van der Waals surface area contributed by atoms with Gasteiger partial charge in [-0.1, -0.05) is 29.8 Å². The molecule has 0 fully saturated rings. The quantitative estimate of drug-likeness (QED) is 0.308. The van der Waals surface area contributed by atoms with Crippen LogP contribution >= 0.6 is 0 Å². The molecular formula is C24H18N2O6S. The monoisotopic (exact) mass is 462 g/mol. The topological polar surface area (TPSA) is 134 Å². The van der Waals surface area contributed by atoms with E-state index >= 15 is 0 Å². The minimum Gasteiger partial charge on any atom is -0.478 e. The van der Waals surface area contributed by atoms with Crippen molar-refractivity contribution < 1.29 is 27.3 Å². The predicted molar refractivity (Wildman–Crippen MR) is 121 cm³/mol. The Morgan fingerprint density at radius 1 is 0.970 bits per heavy atom. The number of hydrogen-bond donors (Lipinski definition) is 2. The third kappa shape index (κ3) is 6.06. The lowest BCUT2D eigenvalue weighted by Crippen LogP contribution is -2.13. The molecule has 2 N–H and O–H groups in total. The van der Waals surface area contributed by atoms with Crippen LogP contribution in [0, 0.1) is 18.3 Å². The van der Waals surface area contributed by atoms with Crippen LogP contribution in [0.5, 0.6) is 5.75 Å². The minimum atomic E-state index is -4.00. The van der Waals surface area contributed by atoms with Crippen molar-refractivity contribution >= 4 is 33.8 Å². The van der Waals surface area contributed by atoms with E-state index in [2.05, 4.69) is 5.32 Å². The van der Waals surface area contributed by atoms with Crippen LogP contribution in [0.25, 0.3) is 6.08 Å². The summed E-state index contributed by atoms with van der Waals surface area (Å²) >= 11 is 0. The fourth-order valence-electron chi connectivity index (χ4n) is 2.71. The molecule has 0 unspecified atom stereocenters. The summed E-state index contributed by atoms with van der Waals surface area (Å²) in [7, 11) is -4.00. The van der Waals surface area contributed by atoms with Gasteiger partial charge in [-0.3, -0.25) is 4.79 Å². The summed E-state index contributed by atoms with van der Waals surface area (Å²) in [6, 6.07) is 19.4. The van der Waals surface area contributed by atoms with Crippen LogP contribution in [0.15, 0.2) is 83.3 Å². The number of hydrogen-bond acceptors (Lipinski definition) is 6. The van der Waals surface area contributed by atoms with Crippen LogP contribution < -0.4 is 9.50 Å². The molecule has 3 aromatic rings. The van der Waals surface area contributed by atoms with Gasteiger partial charge in [-0.2, -0.15) is 13.7 Å². The highest BCUT2D eigenvalue weighted by atomic mass is 32.2. The maximum Gasteiger partial charge on any atom is 0.339 e. The van der Waals surface area contributed by atoms with Gasteiger partial charge in [0.15, 0.2) is 0 Å². The van der Waals surface area contributed by atoms with Gasteiger partial charge in [-0.05, 0) is 67.1 Å². The van der Waals surface area contributed by atoms with Crippen molar-refractivity contribution in [3.63, 3.8) is 0 Å². The zero-order valence-corrected chi connectivity index (χ0v) is 18.2. The van der Waals surface area contributed by atoms with Gasteiger partial charge < -0.3 is 14.6 Å². The van der Waals surface area contributed by atoms with E-state index in [1.54, 1.807) is 18.2 Å². The number of amides is 1. The average Bonchev–Trinajstić information content (AvgIpc) is 2.79. The molecule has 33 heavy (non-hydrogen) atoms. The first kappa shape index (κ1) is 23.2. The van der Waals surface area contributed by atoms with E-state index in [9.17, 15) is 23.3 Å². The molecule has 8 nitrogen and oxygen atoms in total. The molecule has 9 heteroatoms. The third-order valence-corrected chi connectivity index (χ3v) is 5.72. The summed E-state index contributed by atoms with van der Waals surface area (Å²) in [6.07, 6.45) is 1.33. The van der Waals surface area contributed by atoms with Crippen molar-refractivity contribution in [1.82, 2.24) is 0 Å². The Bertz CT molecular complexity index is 1350. The number of nitrogens with one attached hydrogen (secondary N) is 1. The van der Waals surface area contributed by atoms with Crippen LogP contribution in [0.3, 0.4) is 0 Å². The lowest BCUT2D eigenvalue weighted by Gasteiger charge is -2.08. The number of nitriles is 1. The van der Waals surface area contributed by atoms with E-state index in [1.165, 1.54) is 66.7 Å². The zero-order valence-electron chi connectivity index (χ0n) is 17.3. The second-order valence-electron chi connectivity index (χ2n) is 6.93. The van der Waals surface area contributed by atoms with Crippen molar-refractivity contribution in [3.05, 3.63) is 95.1 Å². The van der Waals surface area contributed by atoms with Gasteiger partial charge in [-0.25, -0.2) is 4.79 Å². The van der Waals surface area contributed by atoms with Gasteiger partial charge in [0, 0.05) is 5.69 Å². The number of carbonyl (C=O) groups is 2. The third-order valence-electron chi connectivity index (χ3n) is 4.46. The van der Waals surface area contributed by atoms with Gasteiger partial charge >= 0.3 is 16.1 Å². The number of anilines is 1. The molecule has 0 saturated heterocycles. The van der Waals surface area contributed by atoms with Gasteiger partial charge in [0.25, 0.3) is 5.91 Å². The van der Waals surface area contributed by atoms with Crippen LogP contribution in [0.2, 0.25) is 0 Å². The first-order valence-corrected chi connectivity index (χ1v) is 11.0. The number of nitrogens with zero attached hydrogens (tertiary/aromatic N) is 1. The Morgan fingerprint density at radius 2 is 1.58 bits per heavy atom. The highest BCUT2D eigenvalue weighted by Crippen LogP contribution is 2.21. The molecule has 0 aliphatic rings. The standard InChI is InChI=1S/C24H18N2O6S/c1-16-2-12-22(13-3-16)33(30,31)32-21-10-4-17(5-11-21)14-19(15-25)23(27)26-20-8-6-18(7-9-20)24(28)29/h2-14H,1H3,(H,26,27)(H,28,29)/b19-14+. The number of rotatable bonds is 7. The molecule has 0 aliphatic heterocycles. The van der Waals surface area contributed by atoms with Gasteiger partial charge in [-0.15, -0.1) is 0 Å². The first-order valence-electron chi connectivity index (χ1n) is 9.56. The van der Waals surface area contributed by atoms with Crippen molar-refractivity contribution in [3.8, 4) is 11.8 Å². The number of carboxylic acid groups (broad SMARTS) is 1. The normalized spacial score (nSPS) is 11.3. The van der Waals surface area contributed by atoms with E-state index in [-0.39, 0.29) is 21.8 Å². The molecular weight excluding hydrogens is 444 g/mol. The molecule has 0 heterocycles.